The standard InChI is InChI=1S/C10H13NO3/c1-10(14,9(11)13)8(12)7-5-3-2-4-6-7/h2-6,8,12,14H,1H3,(H2,11,13). The van der Waals surface area contributed by atoms with Crippen molar-refractivity contribution in [2.45, 2.75) is 18.6 Å². The van der Waals surface area contributed by atoms with Gasteiger partial charge in [0.25, 0.3) is 5.91 Å². The molecule has 1 amide bonds. The molecule has 0 aliphatic rings. The number of amides is 1. The molecule has 1 aromatic carbocycles. The molecule has 2 unspecified atom stereocenters. The lowest BCUT2D eigenvalue weighted by Gasteiger charge is -2.25. The minimum Gasteiger partial charge on any atom is -0.385 e. The molecule has 4 N–H and O–H groups in total. The number of carbonyl (C=O) groups excluding carboxylic acids is 1. The first-order valence-corrected chi connectivity index (χ1v) is 4.21. The zero-order valence-electron chi connectivity index (χ0n) is 7.84. The van der Waals surface area contributed by atoms with Crippen LogP contribution in [0, 0.1) is 0 Å². The van der Waals surface area contributed by atoms with Crippen LogP contribution in [0.4, 0.5) is 0 Å². The van der Waals surface area contributed by atoms with Gasteiger partial charge in [0.1, 0.15) is 6.10 Å². The molecule has 0 aliphatic heterocycles. The van der Waals surface area contributed by atoms with Gasteiger partial charge in [-0.05, 0) is 12.5 Å². The highest BCUT2D eigenvalue weighted by molar-refractivity contribution is 5.83. The predicted octanol–water partition coefficient (Wildman–Crippen LogP) is -0.0437. The second-order valence-electron chi connectivity index (χ2n) is 3.32. The van der Waals surface area contributed by atoms with Crippen molar-refractivity contribution in [1.82, 2.24) is 0 Å². The number of carbonyl (C=O) groups is 1. The van der Waals surface area contributed by atoms with E-state index in [9.17, 15) is 15.0 Å². The molecule has 4 heteroatoms. The summed E-state index contributed by atoms with van der Waals surface area (Å²) in [5, 5.41) is 19.3. The highest BCUT2D eigenvalue weighted by atomic mass is 16.3. The summed E-state index contributed by atoms with van der Waals surface area (Å²) in [5.74, 6) is -0.950. The summed E-state index contributed by atoms with van der Waals surface area (Å²) >= 11 is 0. The second kappa shape index (κ2) is 3.77. The molecule has 0 bridgehead atoms. The van der Waals surface area contributed by atoms with Gasteiger partial charge in [0.15, 0.2) is 5.60 Å². The van der Waals surface area contributed by atoms with Crippen LogP contribution in [0.25, 0.3) is 0 Å². The van der Waals surface area contributed by atoms with Crippen LogP contribution in [-0.4, -0.2) is 21.7 Å². The molecule has 0 saturated heterocycles. The lowest BCUT2D eigenvalue weighted by Crippen LogP contribution is -2.46. The van der Waals surface area contributed by atoms with Crippen molar-refractivity contribution in [2.75, 3.05) is 0 Å². The Balaban J connectivity index is 2.96. The van der Waals surface area contributed by atoms with Crippen LogP contribution < -0.4 is 5.73 Å². The molecule has 0 fully saturated rings. The zero-order valence-corrected chi connectivity index (χ0v) is 7.84. The molecule has 14 heavy (non-hydrogen) atoms. The fraction of sp³-hybridized carbons (Fsp3) is 0.300. The average Bonchev–Trinajstić information content (AvgIpc) is 2.17. The lowest BCUT2D eigenvalue weighted by atomic mass is 9.92. The van der Waals surface area contributed by atoms with Crippen molar-refractivity contribution < 1.29 is 15.0 Å². The summed E-state index contributed by atoms with van der Waals surface area (Å²) < 4.78 is 0. The van der Waals surface area contributed by atoms with Gasteiger partial charge in [0, 0.05) is 0 Å². The summed E-state index contributed by atoms with van der Waals surface area (Å²) in [5.41, 5.74) is 3.47. The smallest absolute Gasteiger partial charge is 0.252 e. The second-order valence-corrected chi connectivity index (χ2v) is 3.32. The van der Waals surface area contributed by atoms with Crippen LogP contribution in [0.15, 0.2) is 30.3 Å². The number of hydrogen-bond donors (Lipinski definition) is 3. The van der Waals surface area contributed by atoms with Gasteiger partial charge in [-0.2, -0.15) is 0 Å². The Morgan fingerprint density at radius 3 is 2.36 bits per heavy atom. The van der Waals surface area contributed by atoms with Crippen LogP contribution in [0.5, 0.6) is 0 Å². The lowest BCUT2D eigenvalue weighted by molar-refractivity contribution is -0.146. The predicted molar refractivity (Wildman–Crippen MR) is 51.2 cm³/mol. The molecule has 4 nitrogen and oxygen atoms in total. The van der Waals surface area contributed by atoms with Gasteiger partial charge in [0.05, 0.1) is 0 Å². The molecule has 76 valence electrons. The molecular formula is C10H13NO3. The van der Waals surface area contributed by atoms with Crippen LogP contribution in [0.2, 0.25) is 0 Å². The zero-order chi connectivity index (χ0) is 10.8. The van der Waals surface area contributed by atoms with E-state index in [0.717, 1.165) is 0 Å². The van der Waals surface area contributed by atoms with Gasteiger partial charge in [-0.25, -0.2) is 0 Å². The number of benzene rings is 1. The van der Waals surface area contributed by atoms with E-state index in [2.05, 4.69) is 0 Å². The van der Waals surface area contributed by atoms with Gasteiger partial charge in [-0.15, -0.1) is 0 Å². The monoisotopic (exact) mass is 195 g/mol. The van der Waals surface area contributed by atoms with Gasteiger partial charge in [-0.3, -0.25) is 4.79 Å². The maximum absolute atomic E-state index is 10.8. The van der Waals surface area contributed by atoms with Crippen LogP contribution in [0.3, 0.4) is 0 Å². The third kappa shape index (κ3) is 1.92. The van der Waals surface area contributed by atoms with E-state index < -0.39 is 17.6 Å². The summed E-state index contributed by atoms with van der Waals surface area (Å²) in [4.78, 5) is 10.8. The molecule has 0 saturated carbocycles. The Hall–Kier alpha value is -1.39. The molecule has 1 rings (SSSR count). The van der Waals surface area contributed by atoms with E-state index in [4.69, 9.17) is 5.73 Å². The van der Waals surface area contributed by atoms with Crippen molar-refractivity contribution in [3.63, 3.8) is 0 Å². The number of nitrogens with two attached hydrogens (primary N) is 1. The third-order valence-electron chi connectivity index (χ3n) is 2.15. The highest BCUT2D eigenvalue weighted by Gasteiger charge is 2.37. The molecule has 0 aliphatic carbocycles. The Morgan fingerprint density at radius 1 is 1.43 bits per heavy atom. The van der Waals surface area contributed by atoms with E-state index in [1.807, 2.05) is 0 Å². The maximum Gasteiger partial charge on any atom is 0.252 e. The number of rotatable bonds is 3. The molecule has 0 heterocycles. The van der Waals surface area contributed by atoms with Crippen molar-refractivity contribution in [1.29, 1.82) is 0 Å². The molecule has 0 radical (unpaired) electrons. The molecular weight excluding hydrogens is 182 g/mol. The van der Waals surface area contributed by atoms with Gasteiger partial charge in [-0.1, -0.05) is 30.3 Å². The fourth-order valence-electron chi connectivity index (χ4n) is 1.09. The quantitative estimate of drug-likeness (QED) is 0.632. The molecule has 0 spiro atoms. The summed E-state index contributed by atoms with van der Waals surface area (Å²) in [6, 6.07) is 8.41. The fourth-order valence-corrected chi connectivity index (χ4v) is 1.09. The van der Waals surface area contributed by atoms with Gasteiger partial charge in [0.2, 0.25) is 0 Å². The highest BCUT2D eigenvalue weighted by Crippen LogP contribution is 2.24. The van der Waals surface area contributed by atoms with Crippen molar-refractivity contribution in [2.24, 2.45) is 5.73 Å². The van der Waals surface area contributed by atoms with E-state index in [-0.39, 0.29) is 0 Å². The first kappa shape index (κ1) is 10.7. The average molecular weight is 195 g/mol. The summed E-state index contributed by atoms with van der Waals surface area (Å²) in [7, 11) is 0. The Labute approximate surface area is 82.0 Å². The SMILES string of the molecule is CC(O)(C(N)=O)C(O)c1ccccc1. The Bertz CT molecular complexity index is 321. The van der Waals surface area contributed by atoms with E-state index in [1.165, 1.54) is 6.92 Å². The minimum atomic E-state index is -1.94. The van der Waals surface area contributed by atoms with Crippen molar-refractivity contribution >= 4 is 5.91 Å². The number of primary amides is 1. The number of aliphatic hydroxyl groups is 2. The van der Waals surface area contributed by atoms with Crippen LogP contribution in [0.1, 0.15) is 18.6 Å². The Kier molecular flexibility index (Phi) is 2.88. The maximum atomic E-state index is 10.8. The van der Waals surface area contributed by atoms with E-state index in [0.29, 0.717) is 5.56 Å². The van der Waals surface area contributed by atoms with Crippen molar-refractivity contribution in [3.05, 3.63) is 35.9 Å². The van der Waals surface area contributed by atoms with Gasteiger partial charge >= 0.3 is 0 Å². The number of hydrogen-bond acceptors (Lipinski definition) is 3. The first-order valence-electron chi connectivity index (χ1n) is 4.21. The summed E-state index contributed by atoms with van der Waals surface area (Å²) in [6.07, 6.45) is -1.30. The first-order chi connectivity index (χ1) is 6.46. The Morgan fingerprint density at radius 2 is 1.93 bits per heavy atom. The topological polar surface area (TPSA) is 83.5 Å². The van der Waals surface area contributed by atoms with E-state index in [1.54, 1.807) is 30.3 Å². The largest absolute Gasteiger partial charge is 0.385 e. The van der Waals surface area contributed by atoms with E-state index >= 15 is 0 Å². The van der Waals surface area contributed by atoms with Crippen LogP contribution >= 0.6 is 0 Å². The number of aliphatic hydroxyl groups excluding tert-OH is 1. The van der Waals surface area contributed by atoms with Crippen molar-refractivity contribution in [3.8, 4) is 0 Å². The van der Waals surface area contributed by atoms with Gasteiger partial charge < -0.3 is 15.9 Å². The minimum absolute atomic E-state index is 0.455. The molecule has 1 aromatic rings. The third-order valence-corrected chi connectivity index (χ3v) is 2.15. The van der Waals surface area contributed by atoms with Crippen LogP contribution in [-0.2, 0) is 4.79 Å². The summed E-state index contributed by atoms with van der Waals surface area (Å²) in [6.45, 7) is 1.19. The molecule has 2 atom stereocenters. The molecule has 0 aromatic heterocycles. The normalized spacial score (nSPS) is 17.1.